The lowest BCUT2D eigenvalue weighted by Gasteiger charge is -1.97. The average molecular weight is 219 g/mol. The topological polar surface area (TPSA) is 60.2 Å². The Bertz CT molecular complexity index is 436. The second-order valence-corrected chi connectivity index (χ2v) is 3.77. The Hall–Kier alpha value is -1.97. The first-order chi connectivity index (χ1) is 7.50. The molecule has 4 nitrogen and oxygen atoms in total. The molecule has 0 fully saturated rings. The van der Waals surface area contributed by atoms with Crippen molar-refractivity contribution in [2.45, 2.75) is 13.8 Å². The van der Waals surface area contributed by atoms with E-state index in [9.17, 15) is 14.9 Å². The van der Waals surface area contributed by atoms with E-state index in [0.29, 0.717) is 5.56 Å². The maximum atomic E-state index is 11.6. The maximum Gasteiger partial charge on any atom is 0.270 e. The Balaban J connectivity index is 2.92. The Morgan fingerprint density at radius 1 is 1.44 bits per heavy atom. The molecular formula is C12H13NO3. The molecule has 0 radical (unpaired) electrons. The third-order valence-corrected chi connectivity index (χ3v) is 1.97. The largest absolute Gasteiger partial charge is 0.289 e. The van der Waals surface area contributed by atoms with Crippen LogP contribution in [0.3, 0.4) is 0 Å². The van der Waals surface area contributed by atoms with Crippen molar-refractivity contribution in [3.63, 3.8) is 0 Å². The smallest absolute Gasteiger partial charge is 0.270 e. The number of non-ortho nitro benzene ring substituents is 1. The van der Waals surface area contributed by atoms with Crippen molar-refractivity contribution in [2.24, 2.45) is 5.92 Å². The maximum absolute atomic E-state index is 11.6. The molecule has 0 saturated heterocycles. The van der Waals surface area contributed by atoms with Gasteiger partial charge in [-0.2, -0.15) is 0 Å². The zero-order valence-electron chi connectivity index (χ0n) is 9.21. The summed E-state index contributed by atoms with van der Waals surface area (Å²) in [5.41, 5.74) is 0.273. The van der Waals surface area contributed by atoms with Crippen LogP contribution >= 0.6 is 0 Å². The van der Waals surface area contributed by atoms with Crippen LogP contribution in [0, 0.1) is 16.0 Å². The minimum absolute atomic E-state index is 0.0659. The third-order valence-electron chi connectivity index (χ3n) is 1.97. The number of allylic oxidation sites excluding steroid dienone is 2. The van der Waals surface area contributed by atoms with Gasteiger partial charge in [0.2, 0.25) is 0 Å². The molecule has 4 heteroatoms. The summed E-state index contributed by atoms with van der Waals surface area (Å²) >= 11 is 0. The average Bonchev–Trinajstić information content (AvgIpc) is 2.26. The van der Waals surface area contributed by atoms with E-state index in [0.717, 1.165) is 0 Å². The van der Waals surface area contributed by atoms with Crippen molar-refractivity contribution < 1.29 is 9.72 Å². The molecule has 0 spiro atoms. The summed E-state index contributed by atoms with van der Waals surface area (Å²) in [6.07, 6.45) is 3.21. The van der Waals surface area contributed by atoms with E-state index in [4.69, 9.17) is 0 Å². The van der Waals surface area contributed by atoms with Crippen molar-refractivity contribution in [3.05, 3.63) is 52.1 Å². The predicted molar refractivity (Wildman–Crippen MR) is 61.4 cm³/mol. The Morgan fingerprint density at radius 2 is 2.12 bits per heavy atom. The van der Waals surface area contributed by atoms with Crippen LogP contribution in [-0.2, 0) is 0 Å². The number of nitro groups is 1. The number of nitro benzene ring substituents is 1. The van der Waals surface area contributed by atoms with Gasteiger partial charge in [0.15, 0.2) is 5.78 Å². The first-order valence-corrected chi connectivity index (χ1v) is 4.97. The SMILES string of the molecule is CC(C)C=CC(=O)c1cccc([N+](=O)[O-])c1. The second-order valence-electron chi connectivity index (χ2n) is 3.77. The fourth-order valence-electron chi connectivity index (χ4n) is 1.15. The standard InChI is InChI=1S/C12H13NO3/c1-9(2)6-7-12(14)10-4-3-5-11(8-10)13(15)16/h3-9H,1-2H3. The Labute approximate surface area is 93.7 Å². The summed E-state index contributed by atoms with van der Waals surface area (Å²) < 4.78 is 0. The van der Waals surface area contributed by atoms with Crippen molar-refractivity contribution >= 4 is 11.5 Å². The highest BCUT2D eigenvalue weighted by molar-refractivity contribution is 6.04. The zero-order chi connectivity index (χ0) is 12.1. The molecule has 16 heavy (non-hydrogen) atoms. The second kappa shape index (κ2) is 5.21. The van der Waals surface area contributed by atoms with Gasteiger partial charge in [0.1, 0.15) is 0 Å². The summed E-state index contributed by atoms with van der Waals surface area (Å²) in [4.78, 5) is 21.6. The molecule has 0 N–H and O–H groups in total. The highest BCUT2D eigenvalue weighted by Crippen LogP contribution is 2.14. The van der Waals surface area contributed by atoms with Crippen LogP contribution in [0.25, 0.3) is 0 Å². The molecule has 84 valence electrons. The summed E-state index contributed by atoms with van der Waals surface area (Å²) in [6.45, 7) is 3.91. The van der Waals surface area contributed by atoms with Crippen molar-refractivity contribution in [2.75, 3.05) is 0 Å². The lowest BCUT2D eigenvalue weighted by molar-refractivity contribution is -0.384. The zero-order valence-corrected chi connectivity index (χ0v) is 9.21. The number of carbonyl (C=O) groups excluding carboxylic acids is 1. The summed E-state index contributed by atoms with van der Waals surface area (Å²) in [5, 5.41) is 10.5. The Morgan fingerprint density at radius 3 is 2.69 bits per heavy atom. The number of ketones is 1. The summed E-state index contributed by atoms with van der Waals surface area (Å²) in [6, 6.07) is 5.73. The van der Waals surface area contributed by atoms with Crippen LogP contribution in [0.4, 0.5) is 5.69 Å². The monoisotopic (exact) mass is 219 g/mol. The molecule has 0 bridgehead atoms. The first kappa shape index (κ1) is 12.1. The molecule has 1 aromatic carbocycles. The van der Waals surface area contributed by atoms with E-state index in [-0.39, 0.29) is 17.4 Å². The highest BCUT2D eigenvalue weighted by atomic mass is 16.6. The van der Waals surface area contributed by atoms with Crippen molar-refractivity contribution in [3.8, 4) is 0 Å². The van der Waals surface area contributed by atoms with Crippen LogP contribution in [-0.4, -0.2) is 10.7 Å². The molecule has 0 atom stereocenters. The van der Waals surface area contributed by atoms with Crippen LogP contribution in [0.5, 0.6) is 0 Å². The van der Waals surface area contributed by atoms with Crippen molar-refractivity contribution in [1.29, 1.82) is 0 Å². The van der Waals surface area contributed by atoms with Crippen LogP contribution in [0.15, 0.2) is 36.4 Å². The first-order valence-electron chi connectivity index (χ1n) is 4.97. The Kier molecular flexibility index (Phi) is 3.94. The summed E-state index contributed by atoms with van der Waals surface area (Å²) in [7, 11) is 0. The molecule has 0 unspecified atom stereocenters. The fraction of sp³-hybridized carbons (Fsp3) is 0.250. The highest BCUT2D eigenvalue weighted by Gasteiger charge is 2.09. The molecule has 0 aliphatic rings. The van der Waals surface area contributed by atoms with Crippen LogP contribution < -0.4 is 0 Å². The molecule has 1 rings (SSSR count). The normalized spacial score (nSPS) is 10.9. The number of hydrogen-bond donors (Lipinski definition) is 0. The van der Waals surface area contributed by atoms with Gasteiger partial charge in [0, 0.05) is 17.7 Å². The van der Waals surface area contributed by atoms with Crippen molar-refractivity contribution in [1.82, 2.24) is 0 Å². The molecule has 0 saturated carbocycles. The lowest BCUT2D eigenvalue weighted by atomic mass is 10.1. The van der Waals surface area contributed by atoms with Crippen LogP contribution in [0.1, 0.15) is 24.2 Å². The molecule has 1 aromatic rings. The third kappa shape index (κ3) is 3.31. The molecule has 0 aromatic heterocycles. The van der Waals surface area contributed by atoms with E-state index < -0.39 is 4.92 Å². The molecular weight excluding hydrogens is 206 g/mol. The van der Waals surface area contributed by atoms with Gasteiger partial charge in [-0.3, -0.25) is 14.9 Å². The fourth-order valence-corrected chi connectivity index (χ4v) is 1.15. The van der Waals surface area contributed by atoms with Gasteiger partial charge in [-0.1, -0.05) is 32.1 Å². The summed E-state index contributed by atoms with van der Waals surface area (Å²) in [5.74, 6) is 0.0695. The number of benzene rings is 1. The van der Waals surface area contributed by atoms with Gasteiger partial charge in [0.25, 0.3) is 5.69 Å². The minimum Gasteiger partial charge on any atom is -0.289 e. The van der Waals surface area contributed by atoms with Gasteiger partial charge in [-0.05, 0) is 12.0 Å². The van der Waals surface area contributed by atoms with E-state index >= 15 is 0 Å². The number of nitrogens with zero attached hydrogens (tertiary/aromatic N) is 1. The van der Waals surface area contributed by atoms with Gasteiger partial charge in [0.05, 0.1) is 4.92 Å². The van der Waals surface area contributed by atoms with Gasteiger partial charge >= 0.3 is 0 Å². The number of hydrogen-bond acceptors (Lipinski definition) is 3. The minimum atomic E-state index is -0.511. The molecule has 0 heterocycles. The van der Waals surface area contributed by atoms with E-state index in [1.807, 2.05) is 13.8 Å². The van der Waals surface area contributed by atoms with Gasteiger partial charge < -0.3 is 0 Å². The van der Waals surface area contributed by atoms with Gasteiger partial charge in [-0.25, -0.2) is 0 Å². The van der Waals surface area contributed by atoms with Crippen LogP contribution in [0.2, 0.25) is 0 Å². The molecule has 0 aliphatic heterocycles. The van der Waals surface area contributed by atoms with E-state index in [1.54, 1.807) is 12.1 Å². The lowest BCUT2D eigenvalue weighted by Crippen LogP contribution is -1.97. The van der Waals surface area contributed by atoms with Gasteiger partial charge in [-0.15, -0.1) is 0 Å². The van der Waals surface area contributed by atoms with E-state index in [1.165, 1.54) is 24.3 Å². The number of rotatable bonds is 4. The molecule has 0 aliphatic carbocycles. The number of carbonyl (C=O) groups is 1. The predicted octanol–water partition coefficient (Wildman–Crippen LogP) is 2.99. The molecule has 0 amide bonds. The van der Waals surface area contributed by atoms with E-state index in [2.05, 4.69) is 0 Å². The quantitative estimate of drug-likeness (QED) is 0.338.